The van der Waals surface area contributed by atoms with Crippen LogP contribution in [0, 0.1) is 0 Å². The van der Waals surface area contributed by atoms with E-state index in [1.165, 1.54) is 24.3 Å². The second-order valence-electron chi connectivity index (χ2n) is 5.91. The van der Waals surface area contributed by atoms with Crippen LogP contribution in [0.3, 0.4) is 0 Å². The van der Waals surface area contributed by atoms with Crippen LogP contribution in [-0.2, 0) is 4.79 Å². The monoisotopic (exact) mass is 375 g/mol. The van der Waals surface area contributed by atoms with Gasteiger partial charge in [-0.05, 0) is 12.2 Å². The minimum absolute atomic E-state index is 0.0825. The Labute approximate surface area is 158 Å². The summed E-state index contributed by atoms with van der Waals surface area (Å²) in [5.74, 6) is -3.01. The molecule has 2 aromatic carbocycles. The molecule has 0 unspecified atom stereocenters. The molecule has 7 heteroatoms. The van der Waals surface area contributed by atoms with Crippen molar-refractivity contribution >= 4 is 29.1 Å². The number of carboxylic acids is 1. The van der Waals surface area contributed by atoms with Crippen LogP contribution in [0.15, 0.2) is 72.0 Å². The van der Waals surface area contributed by atoms with Gasteiger partial charge in [0.05, 0.1) is 5.70 Å². The van der Waals surface area contributed by atoms with Gasteiger partial charge in [0.2, 0.25) is 11.6 Å². The Morgan fingerprint density at radius 1 is 0.679 bits per heavy atom. The van der Waals surface area contributed by atoms with E-state index in [4.69, 9.17) is 10.8 Å². The van der Waals surface area contributed by atoms with Crippen LogP contribution >= 0.6 is 0 Å². The molecule has 0 saturated heterocycles. The van der Waals surface area contributed by atoms with Gasteiger partial charge in [-0.25, -0.2) is 4.79 Å². The number of carbonyl (C=O) groups is 5. The van der Waals surface area contributed by atoms with Gasteiger partial charge < -0.3 is 10.8 Å². The molecular formula is C21H13NO6. The number of rotatable bonds is 1. The Hall–Kier alpha value is -4.13. The molecule has 28 heavy (non-hydrogen) atoms. The third-order valence-electron chi connectivity index (χ3n) is 4.22. The molecule has 7 nitrogen and oxygen atoms in total. The molecule has 138 valence electrons. The second-order valence-corrected chi connectivity index (χ2v) is 5.91. The van der Waals surface area contributed by atoms with Crippen molar-refractivity contribution in [2.75, 3.05) is 0 Å². The summed E-state index contributed by atoms with van der Waals surface area (Å²) in [7, 11) is 0. The molecule has 0 spiro atoms. The number of aliphatic carboxylic acids is 1. The average Bonchev–Trinajstić information content (AvgIpc) is 2.70. The number of allylic oxidation sites excluding steroid dienone is 3. The quantitative estimate of drug-likeness (QED) is 0.729. The first-order valence-corrected chi connectivity index (χ1v) is 8.10. The number of Topliss-reactive ketones (excluding diaryl/α,β-unsaturated/α-hetero) is 2. The summed E-state index contributed by atoms with van der Waals surface area (Å²) in [6.07, 6.45) is 2.62. The van der Waals surface area contributed by atoms with Crippen LogP contribution in [-0.4, -0.2) is 34.2 Å². The number of ketones is 4. The van der Waals surface area contributed by atoms with Crippen molar-refractivity contribution in [1.29, 1.82) is 0 Å². The first-order chi connectivity index (χ1) is 13.3. The van der Waals surface area contributed by atoms with E-state index in [-0.39, 0.29) is 22.7 Å². The van der Waals surface area contributed by atoms with Gasteiger partial charge in [-0.15, -0.1) is 0 Å². The number of fused-ring (bicyclic) bond motifs is 2. The highest BCUT2D eigenvalue weighted by Crippen LogP contribution is 2.23. The minimum Gasteiger partial charge on any atom is -0.477 e. The van der Waals surface area contributed by atoms with Gasteiger partial charge in [0.15, 0.2) is 11.6 Å². The Morgan fingerprint density at radius 2 is 1.07 bits per heavy atom. The maximum atomic E-state index is 11.7. The molecule has 0 saturated carbocycles. The van der Waals surface area contributed by atoms with E-state index in [0.29, 0.717) is 11.1 Å². The van der Waals surface area contributed by atoms with Gasteiger partial charge in [0.1, 0.15) is 5.57 Å². The average molecular weight is 375 g/mol. The molecule has 0 fully saturated rings. The van der Waals surface area contributed by atoms with Gasteiger partial charge in [0.25, 0.3) is 0 Å². The summed E-state index contributed by atoms with van der Waals surface area (Å²) in [6, 6.07) is 12.8. The van der Waals surface area contributed by atoms with Gasteiger partial charge in [-0.1, -0.05) is 48.5 Å². The van der Waals surface area contributed by atoms with E-state index in [0.717, 1.165) is 0 Å². The molecule has 4 rings (SSSR count). The summed E-state index contributed by atoms with van der Waals surface area (Å²) in [6.45, 7) is 0. The molecular weight excluding hydrogens is 362 g/mol. The van der Waals surface area contributed by atoms with Gasteiger partial charge in [-0.3, -0.25) is 19.2 Å². The fourth-order valence-corrected chi connectivity index (χ4v) is 2.85. The largest absolute Gasteiger partial charge is 0.477 e. The van der Waals surface area contributed by atoms with E-state index in [2.05, 4.69) is 0 Å². The van der Waals surface area contributed by atoms with E-state index < -0.39 is 28.8 Å². The summed E-state index contributed by atoms with van der Waals surface area (Å²) >= 11 is 0. The fraction of sp³-hybridized carbons (Fsp3) is 0. The number of nitrogens with two attached hydrogens (primary N) is 1. The third-order valence-corrected chi connectivity index (χ3v) is 4.22. The SMILES string of the molecule is NC1=C(C(=O)O)C(=O)c2ccccc2C1=O.O=C1C=CC(=O)c2ccccc21. The van der Waals surface area contributed by atoms with Crippen molar-refractivity contribution in [3.8, 4) is 0 Å². The summed E-state index contributed by atoms with van der Waals surface area (Å²) < 4.78 is 0. The Kier molecular flexibility index (Phi) is 4.82. The van der Waals surface area contributed by atoms with E-state index in [1.54, 1.807) is 36.4 Å². The Balaban J connectivity index is 0.000000167. The number of hydrogen-bond acceptors (Lipinski definition) is 6. The van der Waals surface area contributed by atoms with E-state index in [1.807, 2.05) is 0 Å². The zero-order valence-electron chi connectivity index (χ0n) is 14.3. The minimum atomic E-state index is -1.48. The lowest BCUT2D eigenvalue weighted by atomic mass is 9.87. The molecule has 0 amide bonds. The predicted molar refractivity (Wildman–Crippen MR) is 98.2 cm³/mol. The van der Waals surface area contributed by atoms with Crippen LogP contribution in [0.4, 0.5) is 0 Å². The third kappa shape index (κ3) is 3.16. The first-order valence-electron chi connectivity index (χ1n) is 8.10. The van der Waals surface area contributed by atoms with Crippen molar-refractivity contribution in [3.63, 3.8) is 0 Å². The Bertz CT molecular complexity index is 1090. The summed E-state index contributed by atoms with van der Waals surface area (Å²) in [5, 5.41) is 8.81. The highest BCUT2D eigenvalue weighted by atomic mass is 16.4. The van der Waals surface area contributed by atoms with Crippen molar-refractivity contribution in [1.82, 2.24) is 0 Å². The van der Waals surface area contributed by atoms with Crippen LogP contribution in [0.2, 0.25) is 0 Å². The summed E-state index contributed by atoms with van der Waals surface area (Å²) in [4.78, 5) is 56.6. The lowest BCUT2D eigenvalue weighted by molar-refractivity contribution is -0.132. The number of carboxylic acid groups (broad SMARTS) is 1. The van der Waals surface area contributed by atoms with E-state index in [9.17, 15) is 24.0 Å². The number of hydrogen-bond donors (Lipinski definition) is 2. The predicted octanol–water partition coefficient (Wildman–Crippen LogP) is 1.98. The number of benzene rings is 2. The van der Waals surface area contributed by atoms with Crippen molar-refractivity contribution in [3.05, 3.63) is 94.2 Å². The maximum absolute atomic E-state index is 11.7. The molecule has 0 radical (unpaired) electrons. The Morgan fingerprint density at radius 3 is 1.50 bits per heavy atom. The smallest absolute Gasteiger partial charge is 0.341 e. The lowest BCUT2D eigenvalue weighted by Gasteiger charge is -2.15. The van der Waals surface area contributed by atoms with Crippen molar-refractivity contribution in [2.24, 2.45) is 5.73 Å². The van der Waals surface area contributed by atoms with Crippen molar-refractivity contribution in [2.45, 2.75) is 0 Å². The molecule has 2 aliphatic rings. The van der Waals surface area contributed by atoms with Gasteiger partial charge in [0, 0.05) is 22.3 Å². The molecule has 0 aromatic heterocycles. The molecule has 0 bridgehead atoms. The molecule has 0 aliphatic heterocycles. The molecule has 3 N–H and O–H groups in total. The van der Waals surface area contributed by atoms with Crippen LogP contribution in [0.5, 0.6) is 0 Å². The number of carbonyl (C=O) groups excluding carboxylic acids is 4. The van der Waals surface area contributed by atoms with Crippen LogP contribution in [0.25, 0.3) is 0 Å². The molecule has 2 aromatic rings. The van der Waals surface area contributed by atoms with Gasteiger partial charge in [-0.2, -0.15) is 0 Å². The second kappa shape index (κ2) is 7.24. The highest BCUT2D eigenvalue weighted by Gasteiger charge is 2.34. The van der Waals surface area contributed by atoms with Gasteiger partial charge >= 0.3 is 5.97 Å². The zero-order chi connectivity index (χ0) is 20.4. The zero-order valence-corrected chi connectivity index (χ0v) is 14.3. The topological polar surface area (TPSA) is 132 Å². The maximum Gasteiger partial charge on any atom is 0.341 e. The van der Waals surface area contributed by atoms with Crippen molar-refractivity contribution < 1.29 is 29.1 Å². The van der Waals surface area contributed by atoms with E-state index >= 15 is 0 Å². The first kappa shape index (κ1) is 18.7. The normalized spacial score (nSPS) is 14.9. The van der Waals surface area contributed by atoms with Crippen LogP contribution < -0.4 is 5.73 Å². The molecule has 0 heterocycles. The molecule has 0 atom stereocenters. The summed E-state index contributed by atoms with van der Waals surface area (Å²) in [5.41, 5.74) is 5.44. The lowest BCUT2D eigenvalue weighted by Crippen LogP contribution is -2.30. The molecule has 2 aliphatic carbocycles. The fourth-order valence-electron chi connectivity index (χ4n) is 2.85. The highest BCUT2D eigenvalue weighted by molar-refractivity contribution is 6.34. The van der Waals surface area contributed by atoms with Crippen LogP contribution in [0.1, 0.15) is 41.4 Å². The standard InChI is InChI=1S/C11H7NO4.C10H6O2/c12-8-7(11(15)16)9(13)5-3-1-2-4-6(5)10(8)14;11-9-5-6-10(12)8-4-2-1-3-7(8)9/h1-4H,12H2,(H,15,16);1-6H.